The van der Waals surface area contributed by atoms with Gasteiger partial charge in [-0.3, -0.25) is 0 Å². The number of hydrogen-bond acceptors (Lipinski definition) is 2. The Morgan fingerprint density at radius 3 is 2.50 bits per heavy atom. The molecule has 0 spiro atoms. The Morgan fingerprint density at radius 2 is 1.94 bits per heavy atom. The van der Waals surface area contributed by atoms with E-state index in [1.807, 2.05) is 0 Å². The van der Waals surface area contributed by atoms with Crippen molar-refractivity contribution >= 4 is 15.9 Å². The molecular weight excluding hydrogens is 290 g/mol. The average molecular weight is 310 g/mol. The maximum absolute atomic E-state index is 10.1. The Balaban J connectivity index is 1.80. The van der Waals surface area contributed by atoms with Crippen molar-refractivity contribution in [3.8, 4) is 0 Å². The number of piperidine rings is 1. The Hall–Kier alpha value is -0.380. The summed E-state index contributed by atoms with van der Waals surface area (Å²) in [6.45, 7) is 2.37. The first kappa shape index (κ1) is 12.6. The van der Waals surface area contributed by atoms with E-state index in [4.69, 9.17) is 0 Å². The van der Waals surface area contributed by atoms with Crippen LogP contribution in [0.4, 0.5) is 0 Å². The van der Waals surface area contributed by atoms with E-state index in [-0.39, 0.29) is 0 Å². The summed E-state index contributed by atoms with van der Waals surface area (Å²) in [6, 6.07) is 6.46. The summed E-state index contributed by atoms with van der Waals surface area (Å²) < 4.78 is 1.18. The number of nitrogens with zero attached hydrogens (tertiary/aromatic N) is 1. The van der Waals surface area contributed by atoms with Gasteiger partial charge in [0.15, 0.2) is 0 Å². The minimum atomic E-state index is -0.520. The van der Waals surface area contributed by atoms with Crippen LogP contribution in [0.15, 0.2) is 22.7 Å². The summed E-state index contributed by atoms with van der Waals surface area (Å²) in [5.41, 5.74) is 1.97. The third kappa shape index (κ3) is 2.36. The molecule has 0 atom stereocenters. The molecule has 1 aromatic carbocycles. The normalized spacial score (nSPS) is 24.2. The first-order valence-corrected chi connectivity index (χ1v) is 7.59. The number of likely N-dealkylation sites (tertiary alicyclic amines) is 1. The molecule has 3 rings (SSSR count). The van der Waals surface area contributed by atoms with E-state index >= 15 is 0 Å². The molecule has 18 heavy (non-hydrogen) atoms. The van der Waals surface area contributed by atoms with Gasteiger partial charge in [-0.25, -0.2) is 0 Å². The third-order valence-corrected chi connectivity index (χ3v) is 5.11. The molecule has 2 aliphatic rings. The van der Waals surface area contributed by atoms with E-state index in [1.165, 1.54) is 36.0 Å². The van der Waals surface area contributed by atoms with Gasteiger partial charge in [0.1, 0.15) is 0 Å². The molecule has 1 saturated heterocycles. The van der Waals surface area contributed by atoms with Gasteiger partial charge in [-0.05, 0) is 68.9 Å². The lowest BCUT2D eigenvalue weighted by Gasteiger charge is -2.30. The highest BCUT2D eigenvalue weighted by Crippen LogP contribution is 2.46. The zero-order chi connectivity index (χ0) is 12.8. The Kier molecular flexibility index (Phi) is 3.25. The van der Waals surface area contributed by atoms with Gasteiger partial charge >= 0.3 is 0 Å². The van der Waals surface area contributed by atoms with Gasteiger partial charge in [0.25, 0.3) is 0 Å². The van der Waals surface area contributed by atoms with Crippen molar-refractivity contribution in [2.24, 2.45) is 0 Å². The van der Waals surface area contributed by atoms with Crippen LogP contribution in [0.25, 0.3) is 0 Å². The van der Waals surface area contributed by atoms with Crippen LogP contribution in [0.5, 0.6) is 0 Å². The predicted octanol–water partition coefficient (Wildman–Crippen LogP) is 3.24. The second-order valence-corrected chi connectivity index (χ2v) is 6.70. The van der Waals surface area contributed by atoms with E-state index < -0.39 is 5.60 Å². The Morgan fingerprint density at radius 1 is 1.28 bits per heavy atom. The van der Waals surface area contributed by atoms with Crippen LogP contribution in [0, 0.1) is 0 Å². The van der Waals surface area contributed by atoms with Crippen LogP contribution in [0.1, 0.15) is 42.7 Å². The second kappa shape index (κ2) is 4.62. The van der Waals surface area contributed by atoms with Crippen LogP contribution in [-0.2, 0) is 5.60 Å². The molecular formula is C15H20BrNO. The van der Waals surface area contributed by atoms with Crippen molar-refractivity contribution in [2.75, 3.05) is 20.1 Å². The molecule has 0 bridgehead atoms. The smallest absolute Gasteiger partial charge is 0.0899 e. The fraction of sp³-hybridized carbons (Fsp3) is 0.600. The molecule has 0 aromatic heterocycles. The summed E-state index contributed by atoms with van der Waals surface area (Å²) in [7, 11) is 2.19. The van der Waals surface area contributed by atoms with Crippen molar-refractivity contribution < 1.29 is 5.11 Å². The number of halogens is 1. The van der Waals surface area contributed by atoms with Gasteiger partial charge in [0.2, 0.25) is 0 Å². The molecule has 1 aliphatic carbocycles. The van der Waals surface area contributed by atoms with Crippen molar-refractivity contribution in [1.29, 1.82) is 0 Å². The predicted molar refractivity (Wildman–Crippen MR) is 76.7 cm³/mol. The highest BCUT2D eigenvalue weighted by molar-refractivity contribution is 9.10. The number of rotatable bonds is 2. The summed E-state index contributed by atoms with van der Waals surface area (Å²) in [6.07, 6.45) is 4.29. The molecule has 1 N–H and O–H groups in total. The minimum Gasteiger partial charge on any atom is -0.385 e. The van der Waals surface area contributed by atoms with Crippen LogP contribution in [-0.4, -0.2) is 30.1 Å². The van der Waals surface area contributed by atoms with Gasteiger partial charge in [-0.1, -0.05) is 28.1 Å². The van der Waals surface area contributed by atoms with Crippen LogP contribution < -0.4 is 0 Å². The Bertz CT molecular complexity index is 448. The fourth-order valence-electron chi connectivity index (χ4n) is 2.87. The van der Waals surface area contributed by atoms with E-state index in [0.717, 1.165) is 18.4 Å². The third-order valence-electron chi connectivity index (χ3n) is 4.42. The minimum absolute atomic E-state index is 0.520. The summed E-state index contributed by atoms with van der Waals surface area (Å²) in [5.74, 6) is 0.665. The van der Waals surface area contributed by atoms with Crippen LogP contribution in [0.3, 0.4) is 0 Å². The maximum Gasteiger partial charge on any atom is 0.0899 e. The quantitative estimate of drug-likeness (QED) is 0.906. The molecule has 2 nitrogen and oxygen atoms in total. The zero-order valence-corrected chi connectivity index (χ0v) is 12.4. The van der Waals surface area contributed by atoms with Crippen molar-refractivity contribution in [1.82, 2.24) is 4.90 Å². The summed E-state index contributed by atoms with van der Waals surface area (Å²) in [4.78, 5) is 2.39. The fourth-order valence-corrected chi connectivity index (χ4v) is 3.58. The SMILES string of the molecule is CN1CCC(c2ccc(C3(O)CC3)cc2Br)CC1. The van der Waals surface area contributed by atoms with E-state index in [2.05, 4.69) is 46.1 Å². The molecule has 1 aliphatic heterocycles. The van der Waals surface area contributed by atoms with Crippen molar-refractivity contribution in [3.05, 3.63) is 33.8 Å². The first-order chi connectivity index (χ1) is 8.58. The number of aliphatic hydroxyl groups is 1. The van der Waals surface area contributed by atoms with Gasteiger partial charge in [0.05, 0.1) is 5.60 Å². The molecule has 0 unspecified atom stereocenters. The van der Waals surface area contributed by atoms with E-state index in [0.29, 0.717) is 5.92 Å². The largest absolute Gasteiger partial charge is 0.385 e. The molecule has 2 fully saturated rings. The van der Waals surface area contributed by atoms with Crippen molar-refractivity contribution in [2.45, 2.75) is 37.2 Å². The molecule has 1 saturated carbocycles. The van der Waals surface area contributed by atoms with E-state index in [1.54, 1.807) is 0 Å². The maximum atomic E-state index is 10.1. The van der Waals surface area contributed by atoms with Gasteiger partial charge < -0.3 is 10.0 Å². The Labute approximate surface area is 117 Å². The highest BCUT2D eigenvalue weighted by Gasteiger charge is 2.42. The van der Waals surface area contributed by atoms with Gasteiger partial charge in [-0.15, -0.1) is 0 Å². The molecule has 3 heteroatoms. The zero-order valence-electron chi connectivity index (χ0n) is 10.8. The monoisotopic (exact) mass is 309 g/mol. The lowest BCUT2D eigenvalue weighted by molar-refractivity contribution is 0.151. The molecule has 0 radical (unpaired) electrons. The average Bonchev–Trinajstić information content (AvgIpc) is 3.10. The van der Waals surface area contributed by atoms with Crippen LogP contribution in [0.2, 0.25) is 0 Å². The van der Waals surface area contributed by atoms with Gasteiger partial charge in [-0.2, -0.15) is 0 Å². The number of benzene rings is 1. The summed E-state index contributed by atoms with van der Waals surface area (Å²) in [5, 5.41) is 10.1. The first-order valence-electron chi connectivity index (χ1n) is 6.79. The highest BCUT2D eigenvalue weighted by atomic mass is 79.9. The lowest BCUT2D eigenvalue weighted by Crippen LogP contribution is -2.29. The number of hydrogen-bond donors (Lipinski definition) is 1. The summed E-state index contributed by atoms with van der Waals surface area (Å²) >= 11 is 3.69. The van der Waals surface area contributed by atoms with Gasteiger partial charge in [0, 0.05) is 4.47 Å². The van der Waals surface area contributed by atoms with Crippen molar-refractivity contribution in [3.63, 3.8) is 0 Å². The molecule has 1 heterocycles. The van der Waals surface area contributed by atoms with Crippen LogP contribution >= 0.6 is 15.9 Å². The topological polar surface area (TPSA) is 23.5 Å². The van der Waals surface area contributed by atoms with E-state index in [9.17, 15) is 5.11 Å². The molecule has 1 aromatic rings. The second-order valence-electron chi connectivity index (χ2n) is 5.85. The lowest BCUT2D eigenvalue weighted by atomic mass is 9.88. The standard InChI is InChI=1S/C15H20BrNO/c1-17-8-4-11(5-9-17)13-3-2-12(10-14(13)16)15(18)6-7-15/h2-3,10-11,18H,4-9H2,1H3. The molecule has 98 valence electrons. The molecule has 0 amide bonds.